The molecule has 2 rings (SSSR count). The number of halogens is 1. The van der Waals surface area contributed by atoms with Gasteiger partial charge in [0.2, 0.25) is 0 Å². The number of likely N-dealkylation sites (tertiary alicyclic amines) is 1. The lowest BCUT2D eigenvalue weighted by atomic mass is 9.94. The highest BCUT2D eigenvalue weighted by Crippen LogP contribution is 2.24. The molecule has 1 aromatic carbocycles. The highest BCUT2D eigenvalue weighted by atomic mass is 79.9. The Morgan fingerprint density at radius 3 is 2.50 bits per heavy atom. The minimum Gasteiger partial charge on any atom is -0.303 e. The topological polar surface area (TPSA) is 3.24 Å². The maximum absolute atomic E-state index is 3.72. The SMILES string of the molecule is CC(Br)C1CCN(CCCc2ccccc2)CC1. The summed E-state index contributed by atoms with van der Waals surface area (Å²) >= 11 is 3.72. The van der Waals surface area contributed by atoms with Crippen LogP contribution < -0.4 is 0 Å². The van der Waals surface area contributed by atoms with E-state index in [-0.39, 0.29) is 0 Å². The molecule has 18 heavy (non-hydrogen) atoms. The highest BCUT2D eigenvalue weighted by molar-refractivity contribution is 9.09. The number of hydrogen-bond acceptors (Lipinski definition) is 1. The van der Waals surface area contributed by atoms with Gasteiger partial charge in [-0.1, -0.05) is 53.2 Å². The zero-order valence-corrected chi connectivity index (χ0v) is 12.9. The lowest BCUT2D eigenvalue weighted by molar-refractivity contribution is 0.183. The third-order valence-electron chi connectivity index (χ3n) is 4.06. The van der Waals surface area contributed by atoms with Crippen LogP contribution in [0.4, 0.5) is 0 Å². The van der Waals surface area contributed by atoms with Gasteiger partial charge < -0.3 is 4.90 Å². The minimum absolute atomic E-state index is 0.684. The molecule has 0 spiro atoms. The first-order chi connectivity index (χ1) is 8.75. The molecule has 1 saturated heterocycles. The molecule has 1 aromatic rings. The second kappa shape index (κ2) is 7.30. The van der Waals surface area contributed by atoms with Crippen molar-refractivity contribution in [3.63, 3.8) is 0 Å². The molecule has 1 fully saturated rings. The van der Waals surface area contributed by atoms with Crippen LogP contribution in [-0.4, -0.2) is 29.4 Å². The molecular weight excluding hydrogens is 286 g/mol. The summed E-state index contributed by atoms with van der Waals surface area (Å²) in [5.74, 6) is 0.885. The Bertz CT molecular complexity index is 328. The smallest absolute Gasteiger partial charge is 0.0146 e. The predicted molar refractivity (Wildman–Crippen MR) is 82.3 cm³/mol. The van der Waals surface area contributed by atoms with Gasteiger partial charge in [0.1, 0.15) is 0 Å². The summed E-state index contributed by atoms with van der Waals surface area (Å²) in [5.41, 5.74) is 1.47. The van der Waals surface area contributed by atoms with Gasteiger partial charge in [-0.15, -0.1) is 0 Å². The molecule has 0 radical (unpaired) electrons. The first-order valence-corrected chi connectivity index (χ1v) is 8.07. The van der Waals surface area contributed by atoms with E-state index in [0.29, 0.717) is 4.83 Å². The largest absolute Gasteiger partial charge is 0.303 e. The van der Waals surface area contributed by atoms with E-state index in [9.17, 15) is 0 Å². The summed E-state index contributed by atoms with van der Waals surface area (Å²) in [6, 6.07) is 10.8. The Morgan fingerprint density at radius 2 is 1.89 bits per heavy atom. The van der Waals surface area contributed by atoms with Crippen LogP contribution in [0.3, 0.4) is 0 Å². The number of hydrogen-bond donors (Lipinski definition) is 0. The van der Waals surface area contributed by atoms with Crippen molar-refractivity contribution in [2.24, 2.45) is 5.92 Å². The van der Waals surface area contributed by atoms with Gasteiger partial charge in [-0.25, -0.2) is 0 Å². The first-order valence-electron chi connectivity index (χ1n) is 7.16. The molecule has 1 atom stereocenters. The van der Waals surface area contributed by atoms with E-state index in [1.54, 1.807) is 0 Å². The van der Waals surface area contributed by atoms with E-state index >= 15 is 0 Å². The Balaban J connectivity index is 1.64. The van der Waals surface area contributed by atoms with Crippen LogP contribution >= 0.6 is 15.9 Å². The second-order valence-corrected chi connectivity index (χ2v) is 6.89. The predicted octanol–water partition coefficient (Wildman–Crippen LogP) is 4.11. The fourth-order valence-electron chi connectivity index (χ4n) is 2.79. The van der Waals surface area contributed by atoms with Gasteiger partial charge >= 0.3 is 0 Å². The molecule has 1 aliphatic rings. The number of alkyl halides is 1. The molecule has 100 valence electrons. The van der Waals surface area contributed by atoms with E-state index in [2.05, 4.69) is 58.1 Å². The molecule has 1 aliphatic heterocycles. The van der Waals surface area contributed by atoms with E-state index in [0.717, 1.165) is 5.92 Å². The zero-order chi connectivity index (χ0) is 12.8. The number of aryl methyl sites for hydroxylation is 1. The summed E-state index contributed by atoms with van der Waals surface area (Å²) in [7, 11) is 0. The molecule has 0 N–H and O–H groups in total. The van der Waals surface area contributed by atoms with Gasteiger partial charge in [-0.2, -0.15) is 0 Å². The summed E-state index contributed by atoms with van der Waals surface area (Å²) in [4.78, 5) is 3.32. The highest BCUT2D eigenvalue weighted by Gasteiger charge is 2.21. The first kappa shape index (κ1) is 14.1. The van der Waals surface area contributed by atoms with Crippen LogP contribution in [0.5, 0.6) is 0 Å². The molecule has 2 heteroatoms. The Kier molecular flexibility index (Phi) is 5.71. The van der Waals surface area contributed by atoms with Gasteiger partial charge in [-0.05, 0) is 56.8 Å². The maximum atomic E-state index is 3.72. The number of rotatable bonds is 5. The Morgan fingerprint density at radius 1 is 1.22 bits per heavy atom. The average molecular weight is 310 g/mol. The van der Waals surface area contributed by atoms with Crippen molar-refractivity contribution in [1.29, 1.82) is 0 Å². The number of benzene rings is 1. The van der Waals surface area contributed by atoms with Crippen molar-refractivity contribution in [2.45, 2.75) is 37.4 Å². The standard InChI is InChI=1S/C16H24BrN/c1-14(17)16-9-12-18(13-10-16)11-5-8-15-6-3-2-4-7-15/h2-4,6-7,14,16H,5,8-13H2,1H3. The van der Waals surface area contributed by atoms with Crippen LogP contribution in [0.2, 0.25) is 0 Å². The Hall–Kier alpha value is -0.340. The van der Waals surface area contributed by atoms with Gasteiger partial charge in [0, 0.05) is 4.83 Å². The third-order valence-corrected chi connectivity index (χ3v) is 4.81. The number of nitrogens with zero attached hydrogens (tertiary/aromatic N) is 1. The monoisotopic (exact) mass is 309 g/mol. The van der Waals surface area contributed by atoms with E-state index in [1.807, 2.05) is 0 Å². The summed E-state index contributed by atoms with van der Waals surface area (Å²) in [6.45, 7) is 6.12. The van der Waals surface area contributed by atoms with E-state index in [4.69, 9.17) is 0 Å². The summed E-state index contributed by atoms with van der Waals surface area (Å²) < 4.78 is 0. The van der Waals surface area contributed by atoms with Gasteiger partial charge in [-0.3, -0.25) is 0 Å². The molecule has 1 nitrogen and oxygen atoms in total. The summed E-state index contributed by atoms with van der Waals surface area (Å²) in [6.07, 6.45) is 5.23. The average Bonchev–Trinajstić information content (AvgIpc) is 2.40. The lowest BCUT2D eigenvalue weighted by Crippen LogP contribution is -2.36. The van der Waals surface area contributed by atoms with E-state index < -0.39 is 0 Å². The van der Waals surface area contributed by atoms with Crippen molar-refractivity contribution >= 4 is 15.9 Å². The van der Waals surface area contributed by atoms with Crippen molar-refractivity contribution in [3.05, 3.63) is 35.9 Å². The van der Waals surface area contributed by atoms with Crippen molar-refractivity contribution in [1.82, 2.24) is 4.90 Å². The Labute approximate surface area is 120 Å². The van der Waals surface area contributed by atoms with Crippen LogP contribution in [0, 0.1) is 5.92 Å². The third kappa shape index (κ3) is 4.40. The molecule has 0 aliphatic carbocycles. The molecule has 1 unspecified atom stereocenters. The molecule has 0 aromatic heterocycles. The van der Waals surface area contributed by atoms with Crippen LogP contribution in [-0.2, 0) is 6.42 Å². The van der Waals surface area contributed by atoms with Crippen LogP contribution in [0.15, 0.2) is 30.3 Å². The second-order valence-electron chi connectivity index (χ2n) is 5.45. The number of piperidine rings is 1. The van der Waals surface area contributed by atoms with Crippen molar-refractivity contribution in [3.8, 4) is 0 Å². The zero-order valence-electron chi connectivity index (χ0n) is 11.3. The fraction of sp³-hybridized carbons (Fsp3) is 0.625. The molecular formula is C16H24BrN. The van der Waals surface area contributed by atoms with Gasteiger partial charge in [0.05, 0.1) is 0 Å². The normalized spacial score (nSPS) is 19.9. The quantitative estimate of drug-likeness (QED) is 0.740. The summed E-state index contributed by atoms with van der Waals surface area (Å²) in [5, 5.41) is 0. The molecule has 0 bridgehead atoms. The molecule has 0 amide bonds. The molecule has 1 heterocycles. The molecule has 0 saturated carbocycles. The van der Waals surface area contributed by atoms with Gasteiger partial charge in [0.15, 0.2) is 0 Å². The van der Waals surface area contributed by atoms with Crippen molar-refractivity contribution in [2.75, 3.05) is 19.6 Å². The van der Waals surface area contributed by atoms with E-state index in [1.165, 1.54) is 50.9 Å². The minimum atomic E-state index is 0.684. The maximum Gasteiger partial charge on any atom is 0.0146 e. The fourth-order valence-corrected chi connectivity index (χ4v) is 3.32. The van der Waals surface area contributed by atoms with Gasteiger partial charge in [0.25, 0.3) is 0 Å². The van der Waals surface area contributed by atoms with Crippen LogP contribution in [0.1, 0.15) is 31.7 Å². The van der Waals surface area contributed by atoms with Crippen LogP contribution in [0.25, 0.3) is 0 Å². The lowest BCUT2D eigenvalue weighted by Gasteiger charge is -2.33. The van der Waals surface area contributed by atoms with Crippen molar-refractivity contribution < 1.29 is 0 Å².